The van der Waals surface area contributed by atoms with Crippen LogP contribution in [0, 0.1) is 0 Å². The highest BCUT2D eigenvalue weighted by Crippen LogP contribution is 2.03. The van der Waals surface area contributed by atoms with Crippen molar-refractivity contribution in [3.05, 3.63) is 0 Å². The monoisotopic (exact) mass is 243 g/mol. The van der Waals surface area contributed by atoms with Crippen LogP contribution in [0.15, 0.2) is 0 Å². The average Bonchev–Trinajstić information content (AvgIpc) is 2.23. The third-order valence-electron chi connectivity index (χ3n) is 2.14. The van der Waals surface area contributed by atoms with Gasteiger partial charge < -0.3 is 10.8 Å². The molecule has 96 valence electrons. The Morgan fingerprint density at radius 2 is 1.18 bits per heavy atom. The molecule has 0 atom stereocenters. The Bertz CT molecular complexity index is 311. The van der Waals surface area contributed by atoms with E-state index in [-0.39, 0.29) is 50.2 Å². The summed E-state index contributed by atoms with van der Waals surface area (Å²) in [6.07, 6.45) is -0.134. The van der Waals surface area contributed by atoms with E-state index in [0.29, 0.717) is 0 Å². The number of hydrogen-bond acceptors (Lipinski definition) is 5. The molecule has 0 aliphatic rings. The van der Waals surface area contributed by atoms with E-state index in [1.54, 1.807) is 0 Å². The molecule has 6 nitrogen and oxygen atoms in total. The molecule has 0 aromatic heterocycles. The molecule has 0 amide bonds. The molecule has 0 saturated heterocycles. The quantitative estimate of drug-likeness (QED) is 0.525. The predicted octanol–water partition coefficient (Wildman–Crippen LogP) is 0.0776. The van der Waals surface area contributed by atoms with E-state index in [2.05, 4.69) is 0 Å². The van der Waals surface area contributed by atoms with Gasteiger partial charge in [-0.3, -0.25) is 19.2 Å². The molecule has 0 radical (unpaired) electrons. The predicted molar refractivity (Wildman–Crippen MR) is 59.4 cm³/mol. The maximum atomic E-state index is 11.3. The topological polar surface area (TPSA) is 115 Å². The fraction of sp³-hybridized carbons (Fsp3) is 0.636. The highest BCUT2D eigenvalue weighted by Gasteiger charge is 2.11. The van der Waals surface area contributed by atoms with Crippen LogP contribution in [0.3, 0.4) is 0 Å². The van der Waals surface area contributed by atoms with Gasteiger partial charge in [0.05, 0.1) is 0 Å². The van der Waals surface area contributed by atoms with E-state index in [4.69, 9.17) is 10.8 Å². The standard InChI is InChI=1S/C11H17NO5/c12-6-5-9(14)2-1-8(13)3-4-10(15)7-11(16)17/h1-7,12H2,(H,16,17). The fourth-order valence-corrected chi connectivity index (χ4v) is 1.23. The van der Waals surface area contributed by atoms with Crippen molar-refractivity contribution >= 4 is 23.3 Å². The second-order valence-electron chi connectivity index (χ2n) is 3.73. The van der Waals surface area contributed by atoms with Crippen LogP contribution in [-0.2, 0) is 19.2 Å². The number of hydrogen-bond donors (Lipinski definition) is 2. The molecule has 6 heteroatoms. The van der Waals surface area contributed by atoms with Gasteiger partial charge in [-0.15, -0.1) is 0 Å². The first-order valence-electron chi connectivity index (χ1n) is 5.42. The summed E-state index contributed by atoms with van der Waals surface area (Å²) >= 11 is 0. The van der Waals surface area contributed by atoms with E-state index in [1.807, 2.05) is 0 Å². The zero-order chi connectivity index (χ0) is 13.3. The minimum Gasteiger partial charge on any atom is -0.481 e. The van der Waals surface area contributed by atoms with Crippen molar-refractivity contribution in [3.63, 3.8) is 0 Å². The lowest BCUT2D eigenvalue weighted by Gasteiger charge is -1.99. The van der Waals surface area contributed by atoms with Crippen molar-refractivity contribution in [3.8, 4) is 0 Å². The first-order valence-corrected chi connectivity index (χ1v) is 5.42. The minimum absolute atomic E-state index is 0.00200. The summed E-state index contributed by atoms with van der Waals surface area (Å²) in [5, 5.41) is 8.32. The summed E-state index contributed by atoms with van der Waals surface area (Å²) in [6.45, 7) is 0.268. The number of nitrogens with two attached hydrogens (primary N) is 1. The smallest absolute Gasteiger partial charge is 0.310 e. The van der Waals surface area contributed by atoms with E-state index < -0.39 is 18.2 Å². The summed E-state index contributed by atoms with van der Waals surface area (Å²) in [5.74, 6) is -1.94. The fourth-order valence-electron chi connectivity index (χ4n) is 1.23. The zero-order valence-electron chi connectivity index (χ0n) is 9.61. The van der Waals surface area contributed by atoms with Gasteiger partial charge in [0.1, 0.15) is 23.8 Å². The maximum Gasteiger partial charge on any atom is 0.310 e. The van der Waals surface area contributed by atoms with Crippen molar-refractivity contribution in [2.45, 2.75) is 38.5 Å². The van der Waals surface area contributed by atoms with Crippen molar-refractivity contribution in [1.82, 2.24) is 0 Å². The summed E-state index contributed by atoms with van der Waals surface area (Å²) in [5.41, 5.74) is 5.17. The highest BCUT2D eigenvalue weighted by molar-refractivity contribution is 5.96. The van der Waals surface area contributed by atoms with Crippen LogP contribution in [0.25, 0.3) is 0 Å². The maximum absolute atomic E-state index is 11.3. The number of carbonyl (C=O) groups is 4. The molecule has 0 aliphatic heterocycles. The molecular weight excluding hydrogens is 226 g/mol. The summed E-state index contributed by atoms with van der Waals surface area (Å²) in [7, 11) is 0. The van der Waals surface area contributed by atoms with E-state index in [1.165, 1.54) is 0 Å². The third-order valence-corrected chi connectivity index (χ3v) is 2.14. The first-order chi connectivity index (χ1) is 7.95. The molecule has 0 aliphatic carbocycles. The molecule has 0 saturated carbocycles. The van der Waals surface area contributed by atoms with E-state index >= 15 is 0 Å². The van der Waals surface area contributed by atoms with Gasteiger partial charge in [-0.1, -0.05) is 0 Å². The number of carboxylic acid groups (broad SMARTS) is 1. The van der Waals surface area contributed by atoms with Gasteiger partial charge in [0, 0.05) is 32.1 Å². The highest BCUT2D eigenvalue weighted by atomic mass is 16.4. The molecular formula is C11H17NO5. The van der Waals surface area contributed by atoms with Crippen molar-refractivity contribution in [1.29, 1.82) is 0 Å². The first kappa shape index (κ1) is 15.4. The number of carboxylic acids is 1. The van der Waals surface area contributed by atoms with Gasteiger partial charge in [0.2, 0.25) is 0 Å². The number of carbonyl (C=O) groups excluding carboxylic acids is 3. The van der Waals surface area contributed by atoms with Crippen LogP contribution in [0.2, 0.25) is 0 Å². The minimum atomic E-state index is -1.19. The number of Topliss-reactive ketones (excluding diaryl/α,β-unsaturated/α-hetero) is 3. The van der Waals surface area contributed by atoms with Gasteiger partial charge in [-0.2, -0.15) is 0 Å². The van der Waals surface area contributed by atoms with Crippen molar-refractivity contribution in [2.24, 2.45) is 5.73 Å². The molecule has 0 heterocycles. The lowest BCUT2D eigenvalue weighted by Crippen LogP contribution is -2.11. The normalized spacial score (nSPS) is 9.94. The van der Waals surface area contributed by atoms with E-state index in [9.17, 15) is 19.2 Å². The van der Waals surface area contributed by atoms with Crippen LogP contribution in [0.5, 0.6) is 0 Å². The molecule has 0 aromatic carbocycles. The van der Waals surface area contributed by atoms with E-state index in [0.717, 1.165) is 0 Å². The molecule has 0 aromatic rings. The Labute approximate surface area is 99.2 Å². The van der Waals surface area contributed by atoms with Gasteiger partial charge >= 0.3 is 5.97 Å². The van der Waals surface area contributed by atoms with Crippen molar-refractivity contribution < 1.29 is 24.3 Å². The van der Waals surface area contributed by atoms with Crippen LogP contribution in [0.4, 0.5) is 0 Å². The van der Waals surface area contributed by atoms with Crippen LogP contribution >= 0.6 is 0 Å². The number of aliphatic carboxylic acids is 1. The van der Waals surface area contributed by atoms with Crippen LogP contribution < -0.4 is 5.73 Å². The molecule has 0 rings (SSSR count). The summed E-state index contributed by atoms with van der Waals surface area (Å²) in [6, 6.07) is 0. The second-order valence-corrected chi connectivity index (χ2v) is 3.73. The lowest BCUT2D eigenvalue weighted by molar-refractivity contribution is -0.140. The second kappa shape index (κ2) is 8.58. The van der Waals surface area contributed by atoms with Crippen molar-refractivity contribution in [2.75, 3.05) is 6.54 Å². The largest absolute Gasteiger partial charge is 0.481 e. The molecule has 0 spiro atoms. The van der Waals surface area contributed by atoms with Gasteiger partial charge in [-0.25, -0.2) is 0 Å². The molecule has 0 fully saturated rings. The Morgan fingerprint density at radius 1 is 0.765 bits per heavy atom. The summed E-state index contributed by atoms with van der Waals surface area (Å²) in [4.78, 5) is 43.5. The summed E-state index contributed by atoms with van der Waals surface area (Å²) < 4.78 is 0. The third kappa shape index (κ3) is 9.37. The van der Waals surface area contributed by atoms with Gasteiger partial charge in [0.25, 0.3) is 0 Å². The Balaban J connectivity index is 3.69. The van der Waals surface area contributed by atoms with Crippen LogP contribution in [-0.4, -0.2) is 35.0 Å². The average molecular weight is 243 g/mol. The zero-order valence-corrected chi connectivity index (χ0v) is 9.61. The van der Waals surface area contributed by atoms with Gasteiger partial charge in [-0.05, 0) is 6.54 Å². The van der Waals surface area contributed by atoms with Gasteiger partial charge in [0.15, 0.2) is 0 Å². The Morgan fingerprint density at radius 3 is 1.59 bits per heavy atom. The molecule has 0 bridgehead atoms. The number of ketones is 3. The number of rotatable bonds is 10. The molecule has 17 heavy (non-hydrogen) atoms. The Hall–Kier alpha value is -1.56. The molecule has 0 unspecified atom stereocenters. The van der Waals surface area contributed by atoms with Crippen LogP contribution in [0.1, 0.15) is 38.5 Å². The lowest BCUT2D eigenvalue weighted by atomic mass is 10.0. The Kier molecular flexibility index (Phi) is 7.79. The molecule has 3 N–H and O–H groups in total. The SMILES string of the molecule is NCCC(=O)CCC(=O)CCC(=O)CC(=O)O.